The Kier molecular flexibility index (Phi) is 2.71. The van der Waals surface area contributed by atoms with Crippen LogP contribution in [0.15, 0.2) is 12.2 Å². The molecule has 0 aromatic rings. The second-order valence-electron chi connectivity index (χ2n) is 4.48. The second-order valence-corrected chi connectivity index (χ2v) is 5.17. The minimum atomic E-state index is -1.11. The van der Waals surface area contributed by atoms with E-state index in [0.29, 0.717) is 12.8 Å². The Morgan fingerprint density at radius 2 is 1.38 bits per heavy atom. The maximum atomic E-state index is 11.6. The fraction of sp³-hybridized carbons (Fsp3) is 0.545. The van der Waals surface area contributed by atoms with E-state index in [1.54, 1.807) is 12.2 Å². The van der Waals surface area contributed by atoms with Crippen molar-refractivity contribution in [3.8, 4) is 0 Å². The van der Waals surface area contributed by atoms with Gasteiger partial charge in [-0.05, 0) is 36.0 Å². The molecule has 2 aliphatic carbocycles. The van der Waals surface area contributed by atoms with E-state index >= 15 is 0 Å². The molecule has 5 heteroatoms. The molecule has 0 aromatic carbocycles. The monoisotopic (exact) mass is 260 g/mol. The van der Waals surface area contributed by atoms with Crippen LogP contribution >= 0.6 is 23.2 Å². The lowest BCUT2D eigenvalue weighted by atomic mass is 9.61. The molecular formula is C11H10Cl2O3. The van der Waals surface area contributed by atoms with E-state index in [1.807, 2.05) is 0 Å². The average molecular weight is 261 g/mol. The number of rotatable bonds is 2. The third kappa shape index (κ3) is 1.31. The van der Waals surface area contributed by atoms with Crippen LogP contribution in [0, 0.1) is 10.8 Å². The van der Waals surface area contributed by atoms with Crippen LogP contribution < -0.4 is 0 Å². The number of allylic oxidation sites excluding steroid dienone is 2. The molecule has 0 aliphatic heterocycles. The first kappa shape index (κ1) is 11.8. The Labute approximate surface area is 103 Å². The molecular weight excluding hydrogens is 251 g/mol. The van der Waals surface area contributed by atoms with Gasteiger partial charge in [0, 0.05) is 12.8 Å². The van der Waals surface area contributed by atoms with Gasteiger partial charge in [0.2, 0.25) is 10.5 Å². The lowest BCUT2D eigenvalue weighted by Crippen LogP contribution is -2.46. The maximum absolute atomic E-state index is 11.6. The fourth-order valence-corrected chi connectivity index (χ4v) is 3.50. The fourth-order valence-electron chi connectivity index (χ4n) is 2.85. The minimum absolute atomic E-state index is 0.0259. The number of fused-ring (bicyclic) bond motifs is 1. The Balaban J connectivity index is 2.60. The van der Waals surface area contributed by atoms with Crippen molar-refractivity contribution in [1.29, 1.82) is 0 Å². The zero-order valence-electron chi connectivity index (χ0n) is 8.46. The highest BCUT2D eigenvalue weighted by atomic mass is 35.5. The summed E-state index contributed by atoms with van der Waals surface area (Å²) in [6, 6.07) is 0. The SMILES string of the molecule is O=C1C[C@]2(C(=O)Cl)CC=CC[C@]2(C(=O)Cl)C1. The topological polar surface area (TPSA) is 51.2 Å². The quantitative estimate of drug-likeness (QED) is 0.565. The Hall–Kier alpha value is -0.670. The number of halogens is 2. The van der Waals surface area contributed by atoms with Gasteiger partial charge in [-0.1, -0.05) is 12.2 Å². The summed E-state index contributed by atoms with van der Waals surface area (Å²) in [6.07, 6.45) is 4.27. The van der Waals surface area contributed by atoms with E-state index < -0.39 is 21.3 Å². The summed E-state index contributed by atoms with van der Waals surface area (Å²) < 4.78 is 0. The van der Waals surface area contributed by atoms with Crippen LogP contribution in [0.2, 0.25) is 0 Å². The summed E-state index contributed by atoms with van der Waals surface area (Å²) in [5.74, 6) is -0.119. The van der Waals surface area contributed by atoms with Gasteiger partial charge < -0.3 is 0 Å². The van der Waals surface area contributed by atoms with Gasteiger partial charge in [-0.15, -0.1) is 0 Å². The van der Waals surface area contributed by atoms with Gasteiger partial charge in [0.1, 0.15) is 5.78 Å². The summed E-state index contributed by atoms with van der Waals surface area (Å²) in [6.45, 7) is 0. The first-order chi connectivity index (χ1) is 7.44. The van der Waals surface area contributed by atoms with Crippen molar-refractivity contribution in [3.05, 3.63) is 12.2 Å². The number of hydrogen-bond acceptors (Lipinski definition) is 3. The summed E-state index contributed by atoms with van der Waals surface area (Å²) in [5, 5.41) is -1.26. The molecule has 3 nitrogen and oxygen atoms in total. The molecule has 86 valence electrons. The van der Waals surface area contributed by atoms with Crippen LogP contribution in [0.5, 0.6) is 0 Å². The number of hydrogen-bond donors (Lipinski definition) is 0. The molecule has 2 rings (SSSR count). The first-order valence-corrected chi connectivity index (χ1v) is 5.77. The van der Waals surface area contributed by atoms with Crippen molar-refractivity contribution in [2.75, 3.05) is 0 Å². The van der Waals surface area contributed by atoms with E-state index in [-0.39, 0.29) is 18.6 Å². The van der Waals surface area contributed by atoms with Gasteiger partial charge in [-0.25, -0.2) is 0 Å². The average Bonchev–Trinajstić information content (AvgIpc) is 2.52. The smallest absolute Gasteiger partial charge is 0.229 e. The number of carbonyl (C=O) groups excluding carboxylic acids is 3. The highest BCUT2D eigenvalue weighted by molar-refractivity contribution is 6.68. The van der Waals surface area contributed by atoms with E-state index in [2.05, 4.69) is 0 Å². The standard InChI is InChI=1S/C11H10Cl2O3/c12-8(15)10-3-1-2-4-11(10,9(13)16)6-7(14)5-10/h1-2H,3-6H2/t10-,11+. The predicted molar refractivity (Wildman–Crippen MR) is 59.2 cm³/mol. The molecule has 0 saturated heterocycles. The maximum Gasteiger partial charge on any atom is 0.229 e. The summed E-state index contributed by atoms with van der Waals surface area (Å²) in [4.78, 5) is 34.8. The summed E-state index contributed by atoms with van der Waals surface area (Å²) >= 11 is 11.2. The molecule has 2 atom stereocenters. The Morgan fingerprint density at radius 1 is 1.00 bits per heavy atom. The first-order valence-electron chi connectivity index (χ1n) is 5.01. The van der Waals surface area contributed by atoms with E-state index in [9.17, 15) is 14.4 Å². The lowest BCUT2D eigenvalue weighted by molar-refractivity contribution is -0.137. The molecule has 0 unspecified atom stereocenters. The third-order valence-corrected chi connectivity index (χ3v) is 4.49. The second kappa shape index (κ2) is 3.67. The largest absolute Gasteiger partial charge is 0.300 e. The van der Waals surface area contributed by atoms with Crippen molar-refractivity contribution in [3.63, 3.8) is 0 Å². The van der Waals surface area contributed by atoms with Crippen LogP contribution in [-0.4, -0.2) is 16.3 Å². The van der Waals surface area contributed by atoms with E-state index in [1.165, 1.54) is 0 Å². The van der Waals surface area contributed by atoms with Gasteiger partial charge in [-0.3, -0.25) is 14.4 Å². The number of carbonyl (C=O) groups is 3. The highest BCUT2D eigenvalue weighted by Gasteiger charge is 2.65. The van der Waals surface area contributed by atoms with E-state index in [0.717, 1.165) is 0 Å². The van der Waals surface area contributed by atoms with Crippen LogP contribution in [0.4, 0.5) is 0 Å². The molecule has 1 saturated carbocycles. The summed E-state index contributed by atoms with van der Waals surface area (Å²) in [5.41, 5.74) is -2.22. The van der Waals surface area contributed by atoms with Gasteiger partial charge >= 0.3 is 0 Å². The number of Topliss-reactive ketones (excluding diaryl/α,β-unsaturated/α-hetero) is 1. The third-order valence-electron chi connectivity index (χ3n) is 3.77. The molecule has 0 heterocycles. The lowest BCUT2D eigenvalue weighted by Gasteiger charge is -2.41. The molecule has 2 aliphatic rings. The molecule has 16 heavy (non-hydrogen) atoms. The predicted octanol–water partition coefficient (Wildman–Crippen LogP) is 2.20. The van der Waals surface area contributed by atoms with Crippen molar-refractivity contribution >= 4 is 39.5 Å². The Bertz CT molecular complexity index is 379. The van der Waals surface area contributed by atoms with Crippen LogP contribution in [-0.2, 0) is 14.4 Å². The van der Waals surface area contributed by atoms with Crippen molar-refractivity contribution < 1.29 is 14.4 Å². The van der Waals surface area contributed by atoms with Gasteiger partial charge in [0.15, 0.2) is 0 Å². The van der Waals surface area contributed by atoms with Crippen LogP contribution in [0.25, 0.3) is 0 Å². The molecule has 0 aromatic heterocycles. The van der Waals surface area contributed by atoms with Crippen molar-refractivity contribution in [2.24, 2.45) is 10.8 Å². The van der Waals surface area contributed by atoms with Gasteiger partial charge in [-0.2, -0.15) is 0 Å². The molecule has 0 N–H and O–H groups in total. The molecule has 0 spiro atoms. The Morgan fingerprint density at radius 3 is 1.69 bits per heavy atom. The van der Waals surface area contributed by atoms with E-state index in [4.69, 9.17) is 23.2 Å². The summed E-state index contributed by atoms with van der Waals surface area (Å²) in [7, 11) is 0. The van der Waals surface area contributed by atoms with Gasteiger partial charge in [0.05, 0.1) is 10.8 Å². The molecule has 0 amide bonds. The van der Waals surface area contributed by atoms with Gasteiger partial charge in [0.25, 0.3) is 0 Å². The number of ketones is 1. The molecule has 1 fully saturated rings. The molecule has 0 radical (unpaired) electrons. The minimum Gasteiger partial charge on any atom is -0.300 e. The molecule has 0 bridgehead atoms. The normalized spacial score (nSPS) is 37.2. The van der Waals surface area contributed by atoms with Crippen LogP contribution in [0.1, 0.15) is 25.7 Å². The highest BCUT2D eigenvalue weighted by Crippen LogP contribution is 2.60. The zero-order chi connectivity index (χ0) is 12.0. The van der Waals surface area contributed by atoms with Crippen molar-refractivity contribution in [2.45, 2.75) is 25.7 Å². The van der Waals surface area contributed by atoms with Crippen LogP contribution in [0.3, 0.4) is 0 Å². The zero-order valence-corrected chi connectivity index (χ0v) is 9.98. The van der Waals surface area contributed by atoms with Crippen molar-refractivity contribution in [1.82, 2.24) is 0 Å².